The predicted octanol–water partition coefficient (Wildman–Crippen LogP) is 1.47. The third-order valence-corrected chi connectivity index (χ3v) is 7.17. The van der Waals surface area contributed by atoms with Crippen molar-refractivity contribution < 1.29 is 27.2 Å². The summed E-state index contributed by atoms with van der Waals surface area (Å²) in [5.41, 5.74) is 5.56. The van der Waals surface area contributed by atoms with Crippen molar-refractivity contribution in [3.05, 3.63) is 59.9 Å². The van der Waals surface area contributed by atoms with E-state index in [9.17, 15) is 27.2 Å². The van der Waals surface area contributed by atoms with E-state index in [-0.39, 0.29) is 42.2 Å². The molecule has 0 spiro atoms. The molecule has 1 fully saturated rings. The van der Waals surface area contributed by atoms with E-state index in [2.05, 4.69) is 10.6 Å². The molecule has 9 nitrogen and oxygen atoms in total. The zero-order valence-corrected chi connectivity index (χ0v) is 18.6. The monoisotopic (exact) mass is 476 g/mol. The van der Waals surface area contributed by atoms with Gasteiger partial charge in [-0.25, -0.2) is 12.8 Å². The number of hydrogen-bond donors (Lipinski definition) is 3. The van der Waals surface area contributed by atoms with E-state index in [1.165, 1.54) is 22.5 Å². The van der Waals surface area contributed by atoms with E-state index in [1.54, 1.807) is 18.2 Å². The minimum atomic E-state index is -3.87. The average molecular weight is 477 g/mol. The van der Waals surface area contributed by atoms with Crippen LogP contribution in [0.3, 0.4) is 0 Å². The highest BCUT2D eigenvalue weighted by atomic mass is 32.2. The number of carbonyl (C=O) groups is 3. The summed E-state index contributed by atoms with van der Waals surface area (Å²) in [5.74, 6) is -2.60. The summed E-state index contributed by atoms with van der Waals surface area (Å²) in [6, 6.07) is 10.9. The highest BCUT2D eigenvalue weighted by Crippen LogP contribution is 2.25. The number of piperidine rings is 1. The Kier molecular flexibility index (Phi) is 7.77. The maximum Gasteiger partial charge on any atom is 0.253 e. The lowest BCUT2D eigenvalue weighted by atomic mass is 9.98. The van der Waals surface area contributed by atoms with Gasteiger partial charge in [0.15, 0.2) is 0 Å². The number of primary amides is 1. The molecule has 3 rings (SSSR count). The number of hydrogen-bond acceptors (Lipinski definition) is 5. The van der Waals surface area contributed by atoms with Crippen LogP contribution in [0.15, 0.2) is 53.4 Å². The largest absolute Gasteiger partial charge is 0.370 e. The SMILES string of the molecule is NC(=O)CCNC(=O)c1ccccc1NC(=O)C1CCCN(S(=O)(=O)c2ccc(F)cc2)C1. The molecule has 11 heteroatoms. The van der Waals surface area contributed by atoms with Crippen LogP contribution in [-0.4, -0.2) is 50.1 Å². The Hall–Kier alpha value is -3.31. The molecule has 0 aromatic heterocycles. The predicted molar refractivity (Wildman–Crippen MR) is 119 cm³/mol. The molecule has 1 saturated heterocycles. The summed E-state index contributed by atoms with van der Waals surface area (Å²) in [4.78, 5) is 36.2. The molecule has 0 aliphatic carbocycles. The van der Waals surface area contributed by atoms with Crippen LogP contribution in [0.2, 0.25) is 0 Å². The van der Waals surface area contributed by atoms with Crippen LogP contribution in [-0.2, 0) is 19.6 Å². The molecule has 1 aliphatic rings. The molecule has 1 unspecified atom stereocenters. The zero-order valence-electron chi connectivity index (χ0n) is 17.8. The van der Waals surface area contributed by atoms with Crippen molar-refractivity contribution in [3.63, 3.8) is 0 Å². The number of rotatable bonds is 8. The molecule has 0 bridgehead atoms. The number of anilines is 1. The first-order chi connectivity index (χ1) is 15.7. The molecule has 4 N–H and O–H groups in total. The van der Waals surface area contributed by atoms with Crippen LogP contribution in [0.1, 0.15) is 29.6 Å². The van der Waals surface area contributed by atoms with Gasteiger partial charge in [-0.1, -0.05) is 12.1 Å². The molecule has 0 saturated carbocycles. The Bertz CT molecular complexity index is 1140. The van der Waals surface area contributed by atoms with Crippen molar-refractivity contribution in [1.29, 1.82) is 0 Å². The van der Waals surface area contributed by atoms with Crippen LogP contribution in [0.4, 0.5) is 10.1 Å². The summed E-state index contributed by atoms with van der Waals surface area (Å²) in [6.45, 7) is 0.288. The third-order valence-electron chi connectivity index (χ3n) is 5.29. The van der Waals surface area contributed by atoms with Gasteiger partial charge in [-0.05, 0) is 49.2 Å². The van der Waals surface area contributed by atoms with Crippen LogP contribution in [0.25, 0.3) is 0 Å². The Balaban J connectivity index is 1.69. The number of nitrogens with one attached hydrogen (secondary N) is 2. The number of nitrogens with zero attached hydrogens (tertiary/aromatic N) is 1. The fourth-order valence-corrected chi connectivity index (χ4v) is 5.07. The molecule has 1 atom stereocenters. The highest BCUT2D eigenvalue weighted by molar-refractivity contribution is 7.89. The number of amides is 3. The van der Waals surface area contributed by atoms with E-state index < -0.39 is 39.5 Å². The lowest BCUT2D eigenvalue weighted by Gasteiger charge is -2.31. The molecular formula is C22H25FN4O5S. The first-order valence-electron chi connectivity index (χ1n) is 10.4. The molecule has 1 aliphatic heterocycles. The maximum absolute atomic E-state index is 13.2. The summed E-state index contributed by atoms with van der Waals surface area (Å²) in [6.07, 6.45) is 0.947. The molecule has 176 valence electrons. The molecule has 33 heavy (non-hydrogen) atoms. The van der Waals surface area contributed by atoms with Crippen molar-refractivity contribution in [2.75, 3.05) is 25.0 Å². The lowest BCUT2D eigenvalue weighted by Crippen LogP contribution is -2.43. The minimum Gasteiger partial charge on any atom is -0.370 e. The van der Waals surface area contributed by atoms with E-state index in [1.807, 2.05) is 0 Å². The summed E-state index contributed by atoms with van der Waals surface area (Å²) < 4.78 is 40.2. The summed E-state index contributed by atoms with van der Waals surface area (Å²) in [7, 11) is -3.87. The molecule has 3 amide bonds. The fourth-order valence-electron chi connectivity index (χ4n) is 3.55. The summed E-state index contributed by atoms with van der Waals surface area (Å²) in [5, 5.41) is 5.28. The molecule has 1 heterocycles. The number of benzene rings is 2. The molecule has 2 aromatic rings. The molecule has 2 aromatic carbocycles. The van der Waals surface area contributed by atoms with E-state index in [0.717, 1.165) is 12.1 Å². The van der Waals surface area contributed by atoms with Crippen molar-refractivity contribution in [2.45, 2.75) is 24.2 Å². The Labute approximate surface area is 191 Å². The van der Waals surface area contributed by atoms with Gasteiger partial charge in [0.1, 0.15) is 5.82 Å². The quantitative estimate of drug-likeness (QED) is 0.530. The average Bonchev–Trinajstić information content (AvgIpc) is 2.79. The number of nitrogens with two attached hydrogens (primary N) is 1. The van der Waals surface area contributed by atoms with Crippen LogP contribution >= 0.6 is 0 Å². The lowest BCUT2D eigenvalue weighted by molar-refractivity contribution is -0.121. The van der Waals surface area contributed by atoms with Gasteiger partial charge in [0.05, 0.1) is 22.1 Å². The Morgan fingerprint density at radius 2 is 1.79 bits per heavy atom. The van der Waals surface area contributed by atoms with Gasteiger partial charge in [0.25, 0.3) is 5.91 Å². The second kappa shape index (κ2) is 10.5. The topological polar surface area (TPSA) is 139 Å². The minimum absolute atomic E-state index is 0.0132. The van der Waals surface area contributed by atoms with Crippen LogP contribution in [0, 0.1) is 11.7 Å². The van der Waals surface area contributed by atoms with E-state index >= 15 is 0 Å². The number of carbonyl (C=O) groups excluding carboxylic acids is 3. The van der Waals surface area contributed by atoms with Crippen molar-refractivity contribution in [2.24, 2.45) is 11.7 Å². The highest BCUT2D eigenvalue weighted by Gasteiger charge is 2.33. The van der Waals surface area contributed by atoms with Gasteiger partial charge >= 0.3 is 0 Å². The van der Waals surface area contributed by atoms with Crippen molar-refractivity contribution in [3.8, 4) is 0 Å². The molecular weight excluding hydrogens is 451 g/mol. The van der Waals surface area contributed by atoms with Crippen LogP contribution in [0.5, 0.6) is 0 Å². The fraction of sp³-hybridized carbons (Fsp3) is 0.318. The number of sulfonamides is 1. The van der Waals surface area contributed by atoms with Crippen molar-refractivity contribution in [1.82, 2.24) is 9.62 Å². The normalized spacial score (nSPS) is 16.7. The first kappa shape index (κ1) is 24.3. The zero-order chi connectivity index (χ0) is 24.0. The Morgan fingerprint density at radius 3 is 2.48 bits per heavy atom. The van der Waals surface area contributed by atoms with E-state index in [0.29, 0.717) is 12.8 Å². The van der Waals surface area contributed by atoms with Crippen molar-refractivity contribution >= 4 is 33.4 Å². The second-order valence-corrected chi connectivity index (χ2v) is 9.60. The van der Waals surface area contributed by atoms with E-state index in [4.69, 9.17) is 5.73 Å². The van der Waals surface area contributed by atoms with Gasteiger partial charge in [0.2, 0.25) is 21.8 Å². The van der Waals surface area contributed by atoms with Gasteiger partial charge in [0, 0.05) is 26.1 Å². The summed E-state index contributed by atoms with van der Waals surface area (Å²) >= 11 is 0. The Morgan fingerprint density at radius 1 is 1.09 bits per heavy atom. The third kappa shape index (κ3) is 6.14. The standard InChI is InChI=1S/C22H25FN4O5S/c23-16-7-9-17(10-8-16)33(31,32)27-13-3-4-15(14-27)21(29)26-19-6-2-1-5-18(19)22(30)25-12-11-20(24)28/h1-2,5-10,15H,3-4,11-14H2,(H2,24,28)(H,25,30)(H,26,29). The van der Waals surface area contributed by atoms with Gasteiger partial charge in [-0.15, -0.1) is 0 Å². The van der Waals surface area contributed by atoms with Gasteiger partial charge in [-0.3, -0.25) is 14.4 Å². The number of para-hydroxylation sites is 1. The van der Waals surface area contributed by atoms with Crippen LogP contribution < -0.4 is 16.4 Å². The second-order valence-electron chi connectivity index (χ2n) is 7.66. The molecule has 0 radical (unpaired) electrons. The van der Waals surface area contributed by atoms with Gasteiger partial charge in [-0.2, -0.15) is 4.31 Å². The first-order valence-corrected chi connectivity index (χ1v) is 11.8. The van der Waals surface area contributed by atoms with Gasteiger partial charge < -0.3 is 16.4 Å². The number of halogens is 1. The smallest absolute Gasteiger partial charge is 0.253 e. The maximum atomic E-state index is 13.2.